The van der Waals surface area contributed by atoms with E-state index in [4.69, 9.17) is 4.74 Å². The molecule has 178 valence electrons. The van der Waals surface area contributed by atoms with Crippen LogP contribution in [0.15, 0.2) is 48.5 Å². The van der Waals surface area contributed by atoms with E-state index in [1.54, 1.807) is 0 Å². The van der Waals surface area contributed by atoms with Gasteiger partial charge in [-0.3, -0.25) is 4.79 Å². The van der Waals surface area contributed by atoms with Crippen LogP contribution in [0, 0.1) is 11.8 Å². The zero-order valence-corrected chi connectivity index (χ0v) is 20.7. The van der Waals surface area contributed by atoms with Gasteiger partial charge < -0.3 is 4.74 Å². The van der Waals surface area contributed by atoms with Crippen molar-refractivity contribution in [1.82, 2.24) is 0 Å². The minimum Gasteiger partial charge on any atom is -0.426 e. The van der Waals surface area contributed by atoms with Gasteiger partial charge in [-0.15, -0.1) is 0 Å². The monoisotopic (exact) mass is 446 g/mol. The van der Waals surface area contributed by atoms with Gasteiger partial charge >= 0.3 is 5.97 Å². The van der Waals surface area contributed by atoms with Crippen LogP contribution in [0.2, 0.25) is 0 Å². The minimum absolute atomic E-state index is 0.0362. The average molecular weight is 447 g/mol. The molecule has 2 fully saturated rings. The molecule has 0 saturated heterocycles. The molecule has 0 heterocycles. The highest BCUT2D eigenvalue weighted by Gasteiger charge is 2.28. The van der Waals surface area contributed by atoms with E-state index < -0.39 is 0 Å². The summed E-state index contributed by atoms with van der Waals surface area (Å²) < 4.78 is 5.79. The lowest BCUT2D eigenvalue weighted by Crippen LogP contribution is -2.25. The summed E-state index contributed by atoms with van der Waals surface area (Å²) in [4.78, 5) is 12.8. The molecule has 0 unspecified atom stereocenters. The van der Waals surface area contributed by atoms with Crippen molar-refractivity contribution in [2.75, 3.05) is 0 Å². The molecule has 0 N–H and O–H groups in total. The summed E-state index contributed by atoms with van der Waals surface area (Å²) in [6.07, 6.45) is 14.4. The number of hydrogen-bond donors (Lipinski definition) is 0. The fraction of sp³-hybridized carbons (Fsp3) is 0.581. The van der Waals surface area contributed by atoms with Gasteiger partial charge in [-0.1, -0.05) is 69.5 Å². The first-order valence-corrected chi connectivity index (χ1v) is 13.6. The predicted molar refractivity (Wildman–Crippen MR) is 137 cm³/mol. The summed E-state index contributed by atoms with van der Waals surface area (Å²) in [5.74, 6) is 2.89. The van der Waals surface area contributed by atoms with E-state index in [0.29, 0.717) is 17.6 Å². The molecule has 0 radical (unpaired) electrons. The van der Waals surface area contributed by atoms with E-state index >= 15 is 0 Å². The van der Waals surface area contributed by atoms with E-state index in [2.05, 4.69) is 50.2 Å². The lowest BCUT2D eigenvalue weighted by atomic mass is 9.77. The fourth-order valence-corrected chi connectivity index (χ4v) is 6.11. The first-order valence-electron chi connectivity index (χ1n) is 13.6. The fourth-order valence-electron chi connectivity index (χ4n) is 6.11. The van der Waals surface area contributed by atoms with E-state index in [-0.39, 0.29) is 11.9 Å². The van der Waals surface area contributed by atoms with Crippen LogP contribution in [0.25, 0.3) is 0 Å². The van der Waals surface area contributed by atoms with Gasteiger partial charge in [0.2, 0.25) is 0 Å². The van der Waals surface area contributed by atoms with Crippen LogP contribution in [0.3, 0.4) is 0 Å². The Morgan fingerprint density at radius 1 is 0.727 bits per heavy atom. The zero-order valence-electron chi connectivity index (χ0n) is 20.7. The Balaban J connectivity index is 1.23. The molecule has 33 heavy (non-hydrogen) atoms. The number of hydrogen-bond acceptors (Lipinski definition) is 2. The number of carbonyl (C=O) groups is 1. The first-order chi connectivity index (χ1) is 16.2. The molecule has 2 aromatic carbocycles. The van der Waals surface area contributed by atoms with Gasteiger partial charge in [-0.05, 0) is 104 Å². The Kier molecular flexibility index (Phi) is 8.64. The standard InChI is InChI=1S/C31H42O2/c1-3-5-23-7-11-25(12-8-23)27-15-17-29(18-16-27)31(32)33-30-21-19-28(20-22-30)26-13-9-24(6-4-2)10-14-26/h7-8,11-12,19-22,24,26-27,29H,3-6,9-10,13-18H2,1-2H3. The molecule has 0 bridgehead atoms. The Morgan fingerprint density at radius 3 is 1.82 bits per heavy atom. The second-order valence-corrected chi connectivity index (χ2v) is 10.5. The van der Waals surface area contributed by atoms with Crippen molar-refractivity contribution in [2.45, 2.75) is 103 Å². The Morgan fingerprint density at radius 2 is 1.27 bits per heavy atom. The molecule has 0 amide bonds. The van der Waals surface area contributed by atoms with Gasteiger partial charge in [0, 0.05) is 0 Å². The predicted octanol–water partition coefficient (Wildman–Crippen LogP) is 8.59. The molecule has 2 nitrogen and oxygen atoms in total. The van der Waals surface area contributed by atoms with Crippen LogP contribution in [0.1, 0.15) is 113 Å². The second kappa shape index (κ2) is 11.9. The second-order valence-electron chi connectivity index (χ2n) is 10.5. The Bertz CT molecular complexity index is 851. The molecule has 2 saturated carbocycles. The Labute approximate surface area is 201 Å². The lowest BCUT2D eigenvalue weighted by Gasteiger charge is -2.29. The third-order valence-corrected chi connectivity index (χ3v) is 8.16. The normalized spacial score (nSPS) is 25.5. The van der Waals surface area contributed by atoms with Crippen LogP contribution in [0.4, 0.5) is 0 Å². The number of rotatable bonds is 8. The molecule has 0 spiro atoms. The molecule has 0 aliphatic heterocycles. The van der Waals surface area contributed by atoms with Gasteiger partial charge in [0.25, 0.3) is 0 Å². The summed E-state index contributed by atoms with van der Waals surface area (Å²) in [6, 6.07) is 17.5. The summed E-state index contributed by atoms with van der Waals surface area (Å²) in [7, 11) is 0. The third kappa shape index (κ3) is 6.49. The molecule has 2 aliphatic rings. The highest BCUT2D eigenvalue weighted by Crippen LogP contribution is 2.39. The van der Waals surface area contributed by atoms with Gasteiger partial charge in [-0.2, -0.15) is 0 Å². The van der Waals surface area contributed by atoms with Crippen molar-refractivity contribution < 1.29 is 9.53 Å². The van der Waals surface area contributed by atoms with Crippen molar-refractivity contribution in [3.05, 3.63) is 65.2 Å². The maximum absolute atomic E-state index is 12.8. The SMILES string of the molecule is CCCc1ccc(C2CCC(C(=O)Oc3ccc(C4CCC(CCC)CC4)cc3)CC2)cc1. The smallest absolute Gasteiger partial charge is 0.314 e. The van der Waals surface area contributed by atoms with Crippen LogP contribution < -0.4 is 4.74 Å². The lowest BCUT2D eigenvalue weighted by molar-refractivity contribution is -0.140. The summed E-state index contributed by atoms with van der Waals surface area (Å²) in [6.45, 7) is 4.52. The van der Waals surface area contributed by atoms with Crippen molar-refractivity contribution in [1.29, 1.82) is 0 Å². The molecule has 0 aromatic heterocycles. The van der Waals surface area contributed by atoms with Gasteiger partial charge in [0.15, 0.2) is 0 Å². The van der Waals surface area contributed by atoms with Crippen molar-refractivity contribution in [3.63, 3.8) is 0 Å². The van der Waals surface area contributed by atoms with Crippen LogP contribution >= 0.6 is 0 Å². The van der Waals surface area contributed by atoms with Crippen molar-refractivity contribution in [2.24, 2.45) is 11.8 Å². The van der Waals surface area contributed by atoms with Crippen LogP contribution in [0.5, 0.6) is 5.75 Å². The topological polar surface area (TPSA) is 26.3 Å². The van der Waals surface area contributed by atoms with Gasteiger partial charge in [-0.25, -0.2) is 0 Å². The van der Waals surface area contributed by atoms with Crippen molar-refractivity contribution >= 4 is 5.97 Å². The zero-order chi connectivity index (χ0) is 23.0. The van der Waals surface area contributed by atoms with E-state index in [1.807, 2.05) is 12.1 Å². The Hall–Kier alpha value is -2.09. The summed E-state index contributed by atoms with van der Waals surface area (Å²) in [5.41, 5.74) is 4.27. The molecular formula is C31H42O2. The minimum atomic E-state index is -0.0421. The average Bonchev–Trinajstić information content (AvgIpc) is 2.86. The summed E-state index contributed by atoms with van der Waals surface area (Å²) in [5, 5.41) is 0. The summed E-state index contributed by atoms with van der Waals surface area (Å²) >= 11 is 0. The maximum Gasteiger partial charge on any atom is 0.314 e. The molecule has 2 heteroatoms. The van der Waals surface area contributed by atoms with E-state index in [0.717, 1.165) is 38.0 Å². The highest BCUT2D eigenvalue weighted by molar-refractivity contribution is 5.75. The molecule has 2 aliphatic carbocycles. The quantitative estimate of drug-likeness (QED) is 0.300. The van der Waals surface area contributed by atoms with Gasteiger partial charge in [0.1, 0.15) is 5.75 Å². The molecule has 4 rings (SSSR count). The highest BCUT2D eigenvalue weighted by atomic mass is 16.5. The first kappa shape index (κ1) is 24.0. The van der Waals surface area contributed by atoms with Gasteiger partial charge in [0.05, 0.1) is 5.92 Å². The molecular weight excluding hydrogens is 404 g/mol. The van der Waals surface area contributed by atoms with Crippen LogP contribution in [-0.2, 0) is 11.2 Å². The number of esters is 1. The van der Waals surface area contributed by atoms with E-state index in [1.165, 1.54) is 61.6 Å². The number of carbonyl (C=O) groups excluding carboxylic acids is 1. The molecule has 2 aromatic rings. The number of aryl methyl sites for hydroxylation is 1. The van der Waals surface area contributed by atoms with Crippen molar-refractivity contribution in [3.8, 4) is 5.75 Å². The van der Waals surface area contributed by atoms with E-state index in [9.17, 15) is 4.79 Å². The number of ether oxygens (including phenoxy) is 1. The largest absolute Gasteiger partial charge is 0.426 e. The van der Waals surface area contributed by atoms with Crippen LogP contribution in [-0.4, -0.2) is 5.97 Å². The number of benzene rings is 2. The molecule has 0 atom stereocenters. The third-order valence-electron chi connectivity index (χ3n) is 8.16. The maximum atomic E-state index is 12.8.